The number of hydrogen-bond acceptors (Lipinski definition) is 7. The van der Waals surface area contributed by atoms with Crippen LogP contribution in [0.1, 0.15) is 10.4 Å². The largest absolute Gasteiger partial charge is 0.454 e. The van der Waals surface area contributed by atoms with E-state index in [1.54, 1.807) is 29.2 Å². The average molecular weight is 382 g/mol. The normalized spacial score (nSPS) is 15.6. The molecule has 3 heterocycles. The Kier molecular flexibility index (Phi) is 3.68. The maximum atomic E-state index is 12.6. The van der Waals surface area contributed by atoms with Crippen LogP contribution < -0.4 is 14.8 Å². The number of nitrogens with one attached hydrogen (secondary N) is 1. The Bertz CT molecular complexity index is 1060. The number of rotatable bonds is 3. The minimum atomic E-state index is -0.246. The minimum absolute atomic E-state index is 0.120. The van der Waals surface area contributed by atoms with E-state index in [1.165, 1.54) is 0 Å². The van der Waals surface area contributed by atoms with Gasteiger partial charge in [-0.3, -0.25) is 9.59 Å². The molecule has 136 valence electrons. The fourth-order valence-corrected chi connectivity index (χ4v) is 3.71. The lowest BCUT2D eigenvalue weighted by Gasteiger charge is -2.38. The molecule has 2 aromatic carbocycles. The predicted molar refractivity (Wildman–Crippen MR) is 98.0 cm³/mol. The minimum Gasteiger partial charge on any atom is -0.454 e. The highest BCUT2D eigenvalue weighted by Crippen LogP contribution is 2.33. The number of hydrogen-bond donors (Lipinski definition) is 1. The summed E-state index contributed by atoms with van der Waals surface area (Å²) in [6, 6.07) is 10.6. The second-order valence-electron chi connectivity index (χ2n) is 6.40. The van der Waals surface area contributed by atoms with E-state index in [1.807, 2.05) is 12.1 Å². The second-order valence-corrected chi connectivity index (χ2v) is 6.93. The van der Waals surface area contributed by atoms with Crippen molar-refractivity contribution >= 4 is 40.3 Å². The number of anilines is 1. The number of nitrogens with zero attached hydrogens (tertiary/aromatic N) is 3. The first-order chi connectivity index (χ1) is 13.2. The third-order valence-electron chi connectivity index (χ3n) is 4.70. The summed E-state index contributed by atoms with van der Waals surface area (Å²) < 4.78 is 18.9. The molecule has 0 bridgehead atoms. The van der Waals surface area contributed by atoms with Crippen LogP contribution >= 0.6 is 11.7 Å². The summed E-state index contributed by atoms with van der Waals surface area (Å²) in [5, 5.41) is 2.90. The Morgan fingerprint density at radius 2 is 1.96 bits per heavy atom. The van der Waals surface area contributed by atoms with Crippen LogP contribution in [0.25, 0.3) is 11.0 Å². The standard InChI is InChI=1S/C18H14N4O4S/c23-17(19-12-2-1-3-13-16(12)21-27-20-13)11-7-22(8-11)18(24)10-4-5-14-15(6-10)26-9-25-14/h1-6,11H,7-9H2,(H,19,23). The van der Waals surface area contributed by atoms with Gasteiger partial charge in [0.1, 0.15) is 11.0 Å². The van der Waals surface area contributed by atoms with Crippen LogP contribution in [0.2, 0.25) is 0 Å². The van der Waals surface area contributed by atoms with Gasteiger partial charge in [-0.15, -0.1) is 0 Å². The van der Waals surface area contributed by atoms with Crippen LogP contribution in [0.5, 0.6) is 11.5 Å². The van der Waals surface area contributed by atoms with E-state index in [4.69, 9.17) is 9.47 Å². The van der Waals surface area contributed by atoms with Crippen molar-refractivity contribution in [3.05, 3.63) is 42.0 Å². The van der Waals surface area contributed by atoms with E-state index >= 15 is 0 Å². The first-order valence-corrected chi connectivity index (χ1v) is 9.13. The molecule has 0 aliphatic carbocycles. The lowest BCUT2D eigenvalue weighted by molar-refractivity contribution is -0.123. The molecule has 8 nitrogen and oxygen atoms in total. The molecule has 1 saturated heterocycles. The summed E-state index contributed by atoms with van der Waals surface area (Å²) in [7, 11) is 0. The number of aromatic nitrogens is 2. The van der Waals surface area contributed by atoms with Crippen LogP contribution in [-0.4, -0.2) is 45.3 Å². The summed E-state index contributed by atoms with van der Waals surface area (Å²) in [5.41, 5.74) is 2.61. The smallest absolute Gasteiger partial charge is 0.254 e. The molecule has 2 aliphatic heterocycles. The SMILES string of the molecule is O=C(Nc1cccc2nsnc12)C1CN(C(=O)c2ccc3c(c2)OCO3)C1. The third kappa shape index (κ3) is 2.76. The van der Waals surface area contributed by atoms with Crippen LogP contribution in [-0.2, 0) is 4.79 Å². The van der Waals surface area contributed by atoms with E-state index in [0.29, 0.717) is 41.4 Å². The molecule has 0 saturated carbocycles. The molecule has 0 spiro atoms. The van der Waals surface area contributed by atoms with E-state index in [0.717, 1.165) is 17.2 Å². The third-order valence-corrected chi connectivity index (χ3v) is 5.25. The van der Waals surface area contributed by atoms with Gasteiger partial charge in [0.05, 0.1) is 23.3 Å². The number of ether oxygens (including phenoxy) is 2. The number of carbonyl (C=O) groups is 2. The average Bonchev–Trinajstić information content (AvgIpc) is 3.29. The summed E-state index contributed by atoms with van der Waals surface area (Å²) in [4.78, 5) is 26.7. The van der Waals surface area contributed by atoms with Gasteiger partial charge >= 0.3 is 0 Å². The summed E-state index contributed by atoms with van der Waals surface area (Å²) in [6.07, 6.45) is 0. The molecular weight excluding hydrogens is 368 g/mol. The van der Waals surface area contributed by atoms with Crippen LogP contribution in [0.15, 0.2) is 36.4 Å². The van der Waals surface area contributed by atoms with Gasteiger partial charge in [0.25, 0.3) is 5.91 Å². The summed E-state index contributed by atoms with van der Waals surface area (Å²) >= 11 is 1.11. The van der Waals surface area contributed by atoms with Crippen molar-refractivity contribution in [3.63, 3.8) is 0 Å². The molecule has 0 unspecified atom stereocenters. The molecule has 1 N–H and O–H groups in total. The molecule has 1 fully saturated rings. The van der Waals surface area contributed by atoms with Crippen molar-refractivity contribution in [3.8, 4) is 11.5 Å². The van der Waals surface area contributed by atoms with Crippen LogP contribution in [0.3, 0.4) is 0 Å². The van der Waals surface area contributed by atoms with Crippen molar-refractivity contribution in [2.24, 2.45) is 5.92 Å². The monoisotopic (exact) mass is 382 g/mol. The van der Waals surface area contributed by atoms with Gasteiger partial charge in [0, 0.05) is 18.7 Å². The molecule has 9 heteroatoms. The highest BCUT2D eigenvalue weighted by Gasteiger charge is 2.36. The number of carbonyl (C=O) groups excluding carboxylic acids is 2. The number of amides is 2. The number of fused-ring (bicyclic) bond motifs is 2. The van der Waals surface area contributed by atoms with Gasteiger partial charge in [0.2, 0.25) is 12.7 Å². The fraction of sp³-hybridized carbons (Fsp3) is 0.222. The Morgan fingerprint density at radius 3 is 2.85 bits per heavy atom. The quantitative estimate of drug-likeness (QED) is 0.746. The lowest BCUT2D eigenvalue weighted by atomic mass is 9.97. The number of likely N-dealkylation sites (tertiary alicyclic amines) is 1. The first-order valence-electron chi connectivity index (χ1n) is 8.40. The van der Waals surface area contributed by atoms with Crippen LogP contribution in [0.4, 0.5) is 5.69 Å². The Balaban J connectivity index is 1.23. The van der Waals surface area contributed by atoms with Gasteiger partial charge in [-0.2, -0.15) is 8.75 Å². The Morgan fingerprint density at radius 1 is 1.11 bits per heavy atom. The van der Waals surface area contributed by atoms with E-state index in [9.17, 15) is 9.59 Å². The van der Waals surface area contributed by atoms with Crippen molar-refractivity contribution in [2.45, 2.75) is 0 Å². The van der Waals surface area contributed by atoms with E-state index in [-0.39, 0.29) is 24.5 Å². The van der Waals surface area contributed by atoms with Gasteiger partial charge in [-0.05, 0) is 30.3 Å². The summed E-state index contributed by atoms with van der Waals surface area (Å²) in [5.74, 6) is 0.719. The number of benzene rings is 2. The fourth-order valence-electron chi connectivity index (χ4n) is 3.16. The highest BCUT2D eigenvalue weighted by molar-refractivity contribution is 7.00. The molecular formula is C18H14N4O4S. The maximum absolute atomic E-state index is 12.6. The molecule has 1 aromatic heterocycles. The molecule has 0 radical (unpaired) electrons. The van der Waals surface area contributed by atoms with E-state index < -0.39 is 0 Å². The van der Waals surface area contributed by atoms with Crippen molar-refractivity contribution in [2.75, 3.05) is 25.2 Å². The lowest BCUT2D eigenvalue weighted by Crippen LogP contribution is -2.54. The Labute approximate surface area is 158 Å². The predicted octanol–water partition coefficient (Wildman–Crippen LogP) is 2.13. The second kappa shape index (κ2) is 6.20. The zero-order valence-corrected chi connectivity index (χ0v) is 14.9. The molecule has 2 aliphatic rings. The Hall–Kier alpha value is -3.20. The molecule has 5 rings (SSSR count). The molecule has 0 atom stereocenters. The molecule has 27 heavy (non-hydrogen) atoms. The topological polar surface area (TPSA) is 93.7 Å². The first kappa shape index (κ1) is 16.0. The van der Waals surface area contributed by atoms with Crippen molar-refractivity contribution in [1.29, 1.82) is 0 Å². The van der Waals surface area contributed by atoms with Gasteiger partial charge in [0.15, 0.2) is 11.5 Å². The molecule has 2 amide bonds. The zero-order chi connectivity index (χ0) is 18.4. The van der Waals surface area contributed by atoms with E-state index in [2.05, 4.69) is 14.1 Å². The molecule has 3 aromatic rings. The van der Waals surface area contributed by atoms with Gasteiger partial charge in [-0.1, -0.05) is 6.07 Å². The van der Waals surface area contributed by atoms with Crippen molar-refractivity contribution in [1.82, 2.24) is 13.6 Å². The van der Waals surface area contributed by atoms with Crippen LogP contribution in [0, 0.1) is 5.92 Å². The maximum Gasteiger partial charge on any atom is 0.254 e. The highest BCUT2D eigenvalue weighted by atomic mass is 32.1. The summed E-state index contributed by atoms with van der Waals surface area (Å²) in [6.45, 7) is 0.926. The van der Waals surface area contributed by atoms with Crippen molar-refractivity contribution < 1.29 is 19.1 Å². The van der Waals surface area contributed by atoms with Gasteiger partial charge in [-0.25, -0.2) is 0 Å². The van der Waals surface area contributed by atoms with Gasteiger partial charge < -0.3 is 19.7 Å². The zero-order valence-electron chi connectivity index (χ0n) is 14.0.